The van der Waals surface area contributed by atoms with Crippen molar-refractivity contribution in [3.63, 3.8) is 0 Å². The number of carbonyl (C=O) groups is 2. The van der Waals surface area contributed by atoms with E-state index in [0.29, 0.717) is 0 Å². The maximum absolute atomic E-state index is 11.9. The quantitative estimate of drug-likeness (QED) is 0.811. The second-order valence-corrected chi connectivity index (χ2v) is 6.28. The van der Waals surface area contributed by atoms with E-state index in [4.69, 9.17) is 0 Å². The number of amides is 2. The highest BCUT2D eigenvalue weighted by atomic mass is 32.1. The maximum atomic E-state index is 11.9. The van der Waals surface area contributed by atoms with Crippen molar-refractivity contribution in [1.29, 1.82) is 0 Å². The van der Waals surface area contributed by atoms with Crippen LogP contribution in [0.3, 0.4) is 0 Å². The zero-order valence-electron chi connectivity index (χ0n) is 13.3. The zero-order valence-corrected chi connectivity index (χ0v) is 14.1. The van der Waals surface area contributed by atoms with Crippen LogP contribution in [0.2, 0.25) is 0 Å². The molecule has 1 heterocycles. The van der Waals surface area contributed by atoms with Crippen LogP contribution in [0.4, 0.5) is 0 Å². The van der Waals surface area contributed by atoms with E-state index in [9.17, 15) is 9.59 Å². The van der Waals surface area contributed by atoms with E-state index in [1.165, 1.54) is 4.90 Å². The van der Waals surface area contributed by atoms with Crippen LogP contribution in [0.1, 0.15) is 16.5 Å². The Morgan fingerprint density at radius 2 is 1.83 bits per heavy atom. The van der Waals surface area contributed by atoms with Crippen molar-refractivity contribution in [2.24, 2.45) is 0 Å². The Bertz CT molecular complexity index is 627. The van der Waals surface area contributed by atoms with Gasteiger partial charge in [-0.1, -0.05) is 36.4 Å². The first kappa shape index (κ1) is 17.2. The normalized spacial score (nSPS) is 11.7. The molecule has 0 spiro atoms. The van der Waals surface area contributed by atoms with Crippen molar-refractivity contribution in [3.8, 4) is 0 Å². The zero-order chi connectivity index (χ0) is 16.7. The van der Waals surface area contributed by atoms with E-state index in [0.717, 1.165) is 10.4 Å². The van der Waals surface area contributed by atoms with Crippen LogP contribution in [-0.2, 0) is 9.59 Å². The number of rotatable bonds is 7. The lowest BCUT2D eigenvalue weighted by molar-refractivity contribution is -0.130. The molecule has 0 fully saturated rings. The molecule has 2 rings (SSSR count). The number of carbonyl (C=O) groups excluding carboxylic acids is 2. The molecule has 0 aliphatic carbocycles. The topological polar surface area (TPSA) is 61.4 Å². The first-order chi connectivity index (χ1) is 11.1. The number of likely N-dealkylation sites (N-methyl/N-ethyl adjacent to an activating group) is 1. The molecule has 1 aromatic carbocycles. The summed E-state index contributed by atoms with van der Waals surface area (Å²) < 4.78 is 0. The summed E-state index contributed by atoms with van der Waals surface area (Å²) in [5.74, 6) is -0.325. The standard InChI is InChI=1S/C17H21N3O2S/c1-20(2)16(22)12-18-15(21)11-19-17(14-9-6-10-23-14)13-7-4-3-5-8-13/h3-10,17,19H,11-12H2,1-2H3,(H,18,21)/t17-/m0/s1. The van der Waals surface area contributed by atoms with Crippen LogP contribution in [0, 0.1) is 0 Å². The Morgan fingerprint density at radius 3 is 2.43 bits per heavy atom. The number of nitrogens with zero attached hydrogens (tertiary/aromatic N) is 1. The van der Waals surface area contributed by atoms with Crippen molar-refractivity contribution < 1.29 is 9.59 Å². The van der Waals surface area contributed by atoms with Gasteiger partial charge >= 0.3 is 0 Å². The lowest BCUT2D eigenvalue weighted by Gasteiger charge is -2.18. The Morgan fingerprint density at radius 1 is 1.09 bits per heavy atom. The molecular weight excluding hydrogens is 310 g/mol. The summed E-state index contributed by atoms with van der Waals surface area (Å²) in [6.07, 6.45) is 0. The van der Waals surface area contributed by atoms with Gasteiger partial charge in [-0.3, -0.25) is 14.9 Å². The number of nitrogens with one attached hydrogen (secondary N) is 2. The van der Waals surface area contributed by atoms with Gasteiger partial charge in [0.15, 0.2) is 0 Å². The molecule has 122 valence electrons. The fourth-order valence-electron chi connectivity index (χ4n) is 2.07. The maximum Gasteiger partial charge on any atom is 0.241 e. The van der Waals surface area contributed by atoms with E-state index in [1.807, 2.05) is 47.8 Å². The molecular formula is C17H21N3O2S. The van der Waals surface area contributed by atoms with E-state index >= 15 is 0 Å². The molecule has 1 aromatic heterocycles. The first-order valence-corrected chi connectivity index (χ1v) is 8.24. The van der Waals surface area contributed by atoms with E-state index in [1.54, 1.807) is 25.4 Å². The molecule has 0 unspecified atom stereocenters. The molecule has 2 aromatic rings. The molecule has 0 aliphatic heterocycles. The van der Waals surface area contributed by atoms with E-state index < -0.39 is 0 Å². The molecule has 0 radical (unpaired) electrons. The predicted molar refractivity (Wildman–Crippen MR) is 92.3 cm³/mol. The van der Waals surface area contributed by atoms with Crippen molar-refractivity contribution in [2.75, 3.05) is 27.2 Å². The molecule has 2 amide bonds. The predicted octanol–water partition coefficient (Wildman–Crippen LogP) is 1.63. The average Bonchev–Trinajstić information content (AvgIpc) is 3.08. The third kappa shape index (κ3) is 5.19. The molecule has 0 aliphatic rings. The minimum Gasteiger partial charge on any atom is -0.347 e. The summed E-state index contributed by atoms with van der Waals surface area (Å²) in [6.45, 7) is 0.167. The van der Waals surface area contributed by atoms with Gasteiger partial charge in [-0.2, -0.15) is 0 Å². The Kier molecular flexibility index (Phi) is 6.31. The third-order valence-corrected chi connectivity index (χ3v) is 4.30. The van der Waals surface area contributed by atoms with Gasteiger partial charge in [0.25, 0.3) is 0 Å². The van der Waals surface area contributed by atoms with Crippen LogP contribution in [0.5, 0.6) is 0 Å². The fourth-order valence-corrected chi connectivity index (χ4v) is 2.90. The molecule has 0 saturated heterocycles. The lowest BCUT2D eigenvalue weighted by atomic mass is 10.1. The molecule has 1 atom stereocenters. The highest BCUT2D eigenvalue weighted by Gasteiger charge is 2.16. The number of benzene rings is 1. The summed E-state index contributed by atoms with van der Waals surface area (Å²) in [5.41, 5.74) is 1.10. The van der Waals surface area contributed by atoms with Crippen LogP contribution in [0.15, 0.2) is 47.8 Å². The Balaban J connectivity index is 1.94. The number of hydrogen-bond donors (Lipinski definition) is 2. The van der Waals surface area contributed by atoms with Gasteiger partial charge in [-0.05, 0) is 17.0 Å². The smallest absolute Gasteiger partial charge is 0.241 e. The lowest BCUT2D eigenvalue weighted by Crippen LogP contribution is -2.41. The third-order valence-electron chi connectivity index (χ3n) is 3.36. The number of thiophene rings is 1. The van der Waals surface area contributed by atoms with E-state index in [2.05, 4.69) is 10.6 Å². The van der Waals surface area contributed by atoms with Gasteiger partial charge in [-0.15, -0.1) is 11.3 Å². The SMILES string of the molecule is CN(C)C(=O)CNC(=O)CN[C@@H](c1ccccc1)c1cccs1. The monoisotopic (exact) mass is 331 g/mol. The first-order valence-electron chi connectivity index (χ1n) is 7.36. The Labute approximate surface area is 140 Å². The van der Waals surface area contributed by atoms with Gasteiger partial charge in [0, 0.05) is 19.0 Å². The van der Waals surface area contributed by atoms with Gasteiger partial charge in [0.05, 0.1) is 19.1 Å². The van der Waals surface area contributed by atoms with Crippen LogP contribution in [0.25, 0.3) is 0 Å². The molecule has 5 nitrogen and oxygen atoms in total. The molecule has 6 heteroatoms. The van der Waals surface area contributed by atoms with Gasteiger partial charge < -0.3 is 10.2 Å². The van der Waals surface area contributed by atoms with Crippen LogP contribution < -0.4 is 10.6 Å². The summed E-state index contributed by atoms with van der Waals surface area (Å²) in [7, 11) is 3.32. The van der Waals surface area contributed by atoms with Crippen molar-refractivity contribution in [3.05, 3.63) is 58.3 Å². The van der Waals surface area contributed by atoms with Crippen molar-refractivity contribution in [1.82, 2.24) is 15.5 Å². The second-order valence-electron chi connectivity index (χ2n) is 5.30. The van der Waals surface area contributed by atoms with Crippen molar-refractivity contribution >= 4 is 23.2 Å². The van der Waals surface area contributed by atoms with Gasteiger partial charge in [0.2, 0.25) is 11.8 Å². The minimum absolute atomic E-state index is 0.0164. The summed E-state index contributed by atoms with van der Waals surface area (Å²) >= 11 is 1.64. The highest BCUT2D eigenvalue weighted by Crippen LogP contribution is 2.25. The minimum atomic E-state index is -0.197. The van der Waals surface area contributed by atoms with E-state index in [-0.39, 0.29) is 30.9 Å². The van der Waals surface area contributed by atoms with Crippen LogP contribution in [-0.4, -0.2) is 43.9 Å². The Hall–Kier alpha value is -2.18. The van der Waals surface area contributed by atoms with Gasteiger partial charge in [-0.25, -0.2) is 0 Å². The molecule has 0 bridgehead atoms. The molecule has 2 N–H and O–H groups in total. The summed E-state index contributed by atoms with van der Waals surface area (Å²) in [6, 6.07) is 14.0. The van der Waals surface area contributed by atoms with Gasteiger partial charge in [0.1, 0.15) is 0 Å². The molecule has 23 heavy (non-hydrogen) atoms. The largest absolute Gasteiger partial charge is 0.347 e. The fraction of sp³-hybridized carbons (Fsp3) is 0.294. The summed E-state index contributed by atoms with van der Waals surface area (Å²) in [4.78, 5) is 26.0. The number of hydrogen-bond acceptors (Lipinski definition) is 4. The second kappa shape index (κ2) is 8.45. The van der Waals surface area contributed by atoms with Crippen LogP contribution >= 0.6 is 11.3 Å². The molecule has 0 saturated carbocycles. The summed E-state index contributed by atoms with van der Waals surface area (Å²) in [5, 5.41) is 7.91. The highest BCUT2D eigenvalue weighted by molar-refractivity contribution is 7.10. The average molecular weight is 331 g/mol. The van der Waals surface area contributed by atoms with Crippen molar-refractivity contribution in [2.45, 2.75) is 6.04 Å².